The van der Waals surface area contributed by atoms with Crippen molar-refractivity contribution in [2.75, 3.05) is 13.2 Å². The van der Waals surface area contributed by atoms with Crippen molar-refractivity contribution in [1.82, 2.24) is 20.1 Å². The third-order valence-corrected chi connectivity index (χ3v) is 5.90. The number of carbonyl (C=O) groups excluding carboxylic acids is 1. The van der Waals surface area contributed by atoms with Crippen LogP contribution in [0.25, 0.3) is 10.6 Å². The van der Waals surface area contributed by atoms with Crippen LogP contribution in [0.15, 0.2) is 4.79 Å². The highest BCUT2D eigenvalue weighted by molar-refractivity contribution is 7.17. The van der Waals surface area contributed by atoms with Crippen molar-refractivity contribution in [3.63, 3.8) is 0 Å². The van der Waals surface area contributed by atoms with Crippen molar-refractivity contribution < 1.29 is 19.4 Å². The van der Waals surface area contributed by atoms with Crippen molar-refractivity contribution in [3.05, 3.63) is 32.2 Å². The second kappa shape index (κ2) is 6.86. The molecule has 1 aliphatic rings. The smallest absolute Gasteiger partial charge is 0.331 e. The first-order valence-corrected chi connectivity index (χ1v) is 9.14. The number of aryl methyl sites for hydroxylation is 3. The van der Waals surface area contributed by atoms with Crippen LogP contribution >= 0.6 is 11.3 Å². The highest BCUT2D eigenvalue weighted by Crippen LogP contribution is 2.29. The summed E-state index contributed by atoms with van der Waals surface area (Å²) in [7, 11) is 1.56. The molecule has 3 heterocycles. The Kier molecular flexibility index (Phi) is 4.87. The molecule has 0 spiro atoms. The zero-order chi connectivity index (χ0) is 19.9. The molecular formula is C17H20N4O5S. The SMILES string of the molecule is Cc1nc(-c2c(C)c(C)nn(C)c2=O)sc1C(=O)NC1(C(=O)O)CCOC1. The van der Waals surface area contributed by atoms with E-state index in [1.165, 1.54) is 4.68 Å². The van der Waals surface area contributed by atoms with Crippen molar-refractivity contribution in [2.45, 2.75) is 32.7 Å². The van der Waals surface area contributed by atoms with Gasteiger partial charge in [0.2, 0.25) is 0 Å². The summed E-state index contributed by atoms with van der Waals surface area (Å²) in [5.74, 6) is -1.67. The molecular weight excluding hydrogens is 372 g/mol. The van der Waals surface area contributed by atoms with Crippen LogP contribution in [-0.2, 0) is 16.6 Å². The lowest BCUT2D eigenvalue weighted by Crippen LogP contribution is -2.55. The molecule has 1 amide bonds. The Balaban J connectivity index is 2.00. The number of carbonyl (C=O) groups is 2. The number of carboxylic acids is 1. The van der Waals surface area contributed by atoms with Crippen LogP contribution in [0, 0.1) is 20.8 Å². The maximum absolute atomic E-state index is 12.7. The van der Waals surface area contributed by atoms with E-state index in [4.69, 9.17) is 4.74 Å². The molecule has 0 bridgehead atoms. The lowest BCUT2D eigenvalue weighted by Gasteiger charge is -2.23. The Morgan fingerprint density at radius 3 is 2.59 bits per heavy atom. The molecule has 3 rings (SSSR count). The molecule has 2 N–H and O–H groups in total. The van der Waals surface area contributed by atoms with E-state index in [2.05, 4.69) is 15.4 Å². The summed E-state index contributed by atoms with van der Waals surface area (Å²) >= 11 is 1.06. The number of hydrogen-bond acceptors (Lipinski definition) is 7. The predicted molar refractivity (Wildman–Crippen MR) is 98.1 cm³/mol. The van der Waals surface area contributed by atoms with E-state index in [1.54, 1.807) is 27.8 Å². The van der Waals surface area contributed by atoms with Crippen LogP contribution in [0.3, 0.4) is 0 Å². The van der Waals surface area contributed by atoms with Crippen LogP contribution in [-0.4, -0.2) is 50.5 Å². The summed E-state index contributed by atoms with van der Waals surface area (Å²) in [5, 5.41) is 16.6. The van der Waals surface area contributed by atoms with Crippen molar-refractivity contribution >= 4 is 23.2 Å². The van der Waals surface area contributed by atoms with Crippen LogP contribution in [0.4, 0.5) is 0 Å². The Labute approximate surface area is 159 Å². The van der Waals surface area contributed by atoms with E-state index >= 15 is 0 Å². The highest BCUT2D eigenvalue weighted by Gasteiger charge is 2.44. The number of ether oxygens (including phenoxy) is 1. The average molecular weight is 392 g/mol. The van der Waals surface area contributed by atoms with Crippen molar-refractivity contribution in [3.8, 4) is 10.6 Å². The number of amides is 1. The fraction of sp³-hybridized carbons (Fsp3) is 0.471. The third kappa shape index (κ3) is 3.26. The number of thiazole rings is 1. The van der Waals surface area contributed by atoms with Gasteiger partial charge in [0, 0.05) is 20.1 Å². The van der Waals surface area contributed by atoms with E-state index in [0.29, 0.717) is 27.5 Å². The van der Waals surface area contributed by atoms with Crippen LogP contribution < -0.4 is 10.9 Å². The first kappa shape index (κ1) is 19.2. The minimum absolute atomic E-state index is 0.0814. The molecule has 1 saturated heterocycles. The molecule has 1 atom stereocenters. The minimum Gasteiger partial charge on any atom is -0.479 e. The Bertz CT molecular complexity index is 988. The van der Waals surface area contributed by atoms with Gasteiger partial charge in [0.1, 0.15) is 9.88 Å². The fourth-order valence-corrected chi connectivity index (χ4v) is 4.03. The number of carboxylic acid groups (broad SMARTS) is 1. The number of rotatable bonds is 4. The van der Waals surface area contributed by atoms with Gasteiger partial charge in [-0.25, -0.2) is 14.5 Å². The van der Waals surface area contributed by atoms with Gasteiger partial charge in [-0.3, -0.25) is 9.59 Å². The Morgan fingerprint density at radius 2 is 2.00 bits per heavy atom. The summed E-state index contributed by atoms with van der Waals surface area (Å²) in [6, 6.07) is 0. The zero-order valence-electron chi connectivity index (χ0n) is 15.5. The van der Waals surface area contributed by atoms with E-state index in [0.717, 1.165) is 11.3 Å². The first-order valence-electron chi connectivity index (χ1n) is 8.32. The molecule has 0 aliphatic carbocycles. The fourth-order valence-electron chi connectivity index (χ4n) is 2.97. The van der Waals surface area contributed by atoms with Gasteiger partial charge < -0.3 is 15.2 Å². The summed E-state index contributed by atoms with van der Waals surface area (Å²) in [5.41, 5.74) is 0.485. The van der Waals surface area contributed by atoms with Gasteiger partial charge in [0.15, 0.2) is 5.54 Å². The number of nitrogens with one attached hydrogen (secondary N) is 1. The lowest BCUT2D eigenvalue weighted by atomic mass is 9.99. The predicted octanol–water partition coefficient (Wildman–Crippen LogP) is 0.803. The molecule has 1 aliphatic heterocycles. The molecule has 0 saturated carbocycles. The maximum atomic E-state index is 12.7. The molecule has 2 aromatic rings. The van der Waals surface area contributed by atoms with Crippen molar-refractivity contribution in [1.29, 1.82) is 0 Å². The molecule has 0 radical (unpaired) electrons. The maximum Gasteiger partial charge on any atom is 0.331 e. The Hall–Kier alpha value is -2.59. The van der Waals surface area contributed by atoms with Crippen LogP contribution in [0.5, 0.6) is 0 Å². The number of aromatic nitrogens is 3. The van der Waals surface area contributed by atoms with Gasteiger partial charge in [0.25, 0.3) is 11.5 Å². The Morgan fingerprint density at radius 1 is 1.30 bits per heavy atom. The van der Waals surface area contributed by atoms with Gasteiger partial charge in [-0.05, 0) is 26.3 Å². The van der Waals surface area contributed by atoms with Gasteiger partial charge in [-0.1, -0.05) is 0 Å². The quantitative estimate of drug-likeness (QED) is 0.789. The van der Waals surface area contributed by atoms with Gasteiger partial charge in [-0.2, -0.15) is 5.10 Å². The van der Waals surface area contributed by atoms with Crippen LogP contribution in [0.2, 0.25) is 0 Å². The number of nitrogens with zero attached hydrogens (tertiary/aromatic N) is 3. The highest BCUT2D eigenvalue weighted by atomic mass is 32.1. The summed E-state index contributed by atoms with van der Waals surface area (Å²) in [6.07, 6.45) is 0.196. The normalized spacial score (nSPS) is 19.3. The van der Waals surface area contributed by atoms with E-state index in [-0.39, 0.29) is 30.1 Å². The third-order valence-electron chi connectivity index (χ3n) is 4.73. The second-order valence-corrected chi connectivity index (χ2v) is 7.59. The van der Waals surface area contributed by atoms with Gasteiger partial charge >= 0.3 is 5.97 Å². The van der Waals surface area contributed by atoms with E-state index in [1.807, 2.05) is 0 Å². The van der Waals surface area contributed by atoms with Gasteiger partial charge in [0.05, 0.1) is 23.6 Å². The summed E-state index contributed by atoms with van der Waals surface area (Å²) in [6.45, 7) is 5.42. The molecule has 9 nitrogen and oxygen atoms in total. The lowest BCUT2D eigenvalue weighted by molar-refractivity contribution is -0.144. The number of hydrogen-bond donors (Lipinski definition) is 2. The molecule has 1 fully saturated rings. The minimum atomic E-state index is -1.44. The van der Waals surface area contributed by atoms with Gasteiger partial charge in [-0.15, -0.1) is 11.3 Å². The van der Waals surface area contributed by atoms with Crippen molar-refractivity contribution in [2.24, 2.45) is 7.05 Å². The summed E-state index contributed by atoms with van der Waals surface area (Å²) < 4.78 is 6.40. The molecule has 2 aromatic heterocycles. The molecule has 27 heavy (non-hydrogen) atoms. The second-order valence-electron chi connectivity index (χ2n) is 6.59. The zero-order valence-corrected chi connectivity index (χ0v) is 16.3. The summed E-state index contributed by atoms with van der Waals surface area (Å²) in [4.78, 5) is 41.5. The topological polar surface area (TPSA) is 123 Å². The van der Waals surface area contributed by atoms with Crippen LogP contribution in [0.1, 0.15) is 33.0 Å². The first-order chi connectivity index (χ1) is 12.7. The molecule has 0 aromatic carbocycles. The molecule has 1 unspecified atom stereocenters. The largest absolute Gasteiger partial charge is 0.479 e. The average Bonchev–Trinajstić information content (AvgIpc) is 3.21. The standard InChI is InChI=1S/C17H20N4O5S/c1-8-9(2)20-21(4)15(23)11(8)14-18-10(3)12(27-14)13(22)19-17(16(24)25)5-6-26-7-17/h5-7H2,1-4H3,(H,19,22)(H,24,25). The monoisotopic (exact) mass is 392 g/mol. The number of aliphatic carboxylic acids is 1. The molecule has 144 valence electrons. The van der Waals surface area contributed by atoms with E-state index in [9.17, 15) is 19.5 Å². The molecule has 10 heteroatoms. The van der Waals surface area contributed by atoms with E-state index < -0.39 is 17.4 Å².